The number of aromatic nitrogens is 4. The number of amides is 2. The minimum Gasteiger partial charge on any atom is -0.367 e. The summed E-state index contributed by atoms with van der Waals surface area (Å²) in [4.78, 5) is 32.1. The minimum atomic E-state index is -0.585. The van der Waals surface area contributed by atoms with Gasteiger partial charge in [-0.3, -0.25) is 9.59 Å². The van der Waals surface area contributed by atoms with Crippen LogP contribution in [-0.4, -0.2) is 57.7 Å². The quantitative estimate of drug-likeness (QED) is 0.473. The van der Waals surface area contributed by atoms with Crippen LogP contribution in [0.1, 0.15) is 65.1 Å². The molecule has 2 saturated carbocycles. The van der Waals surface area contributed by atoms with Gasteiger partial charge in [-0.05, 0) is 78.8 Å². The van der Waals surface area contributed by atoms with Crippen molar-refractivity contribution >= 4 is 23.2 Å². The molecule has 3 aliphatic rings. The molecule has 1 aromatic heterocycles. The molecular formula is C28H41N7O2. The van der Waals surface area contributed by atoms with Crippen LogP contribution in [0.4, 0.5) is 11.4 Å². The third-order valence-corrected chi connectivity index (χ3v) is 7.71. The zero-order valence-corrected chi connectivity index (χ0v) is 22.5. The Kier molecular flexibility index (Phi) is 7.76. The molecule has 0 bridgehead atoms. The van der Waals surface area contributed by atoms with Crippen LogP contribution in [-0.2, 0) is 22.6 Å². The van der Waals surface area contributed by atoms with Gasteiger partial charge >= 0.3 is 0 Å². The smallest absolute Gasteiger partial charge is 0.251 e. The summed E-state index contributed by atoms with van der Waals surface area (Å²) in [6.45, 7) is 9.20. The van der Waals surface area contributed by atoms with E-state index in [1.807, 2.05) is 11.0 Å². The number of benzene rings is 1. The largest absolute Gasteiger partial charge is 0.367 e. The number of anilines is 2. The fourth-order valence-corrected chi connectivity index (χ4v) is 5.42. The SMILES string of the molecule is CCCn1nnnc1C[C@@H](CC(C)C)C(=O)N[C@H]1CN(CC2CC2)c2ccccc2N(CC2CC2)C1=O. The molecule has 0 spiro atoms. The number of fused-ring (bicyclic) bond motifs is 1. The molecule has 9 heteroatoms. The molecule has 2 aromatic rings. The highest BCUT2D eigenvalue weighted by atomic mass is 16.2. The molecule has 2 fully saturated rings. The number of para-hydroxylation sites is 2. The number of nitrogens with one attached hydrogen (secondary N) is 1. The van der Waals surface area contributed by atoms with Gasteiger partial charge in [0.2, 0.25) is 5.91 Å². The topological polar surface area (TPSA) is 96.2 Å². The third kappa shape index (κ3) is 6.30. The molecule has 0 unspecified atom stereocenters. The van der Waals surface area contributed by atoms with Gasteiger partial charge in [0.15, 0.2) is 5.82 Å². The van der Waals surface area contributed by atoms with Crippen LogP contribution >= 0.6 is 0 Å². The van der Waals surface area contributed by atoms with Gasteiger partial charge in [-0.15, -0.1) is 5.10 Å². The molecule has 200 valence electrons. The Bertz CT molecular complexity index is 1090. The van der Waals surface area contributed by atoms with Crippen LogP contribution in [0.25, 0.3) is 0 Å². The third-order valence-electron chi connectivity index (χ3n) is 7.71. The first-order valence-electron chi connectivity index (χ1n) is 14.1. The second-order valence-corrected chi connectivity index (χ2v) is 11.6. The first kappa shape index (κ1) is 25.7. The van der Waals surface area contributed by atoms with Crippen LogP contribution in [0.5, 0.6) is 0 Å². The summed E-state index contributed by atoms with van der Waals surface area (Å²) in [5, 5.41) is 15.4. The number of tetrazole rings is 1. The first-order valence-corrected chi connectivity index (χ1v) is 14.1. The van der Waals surface area contributed by atoms with Crippen LogP contribution in [0.3, 0.4) is 0 Å². The van der Waals surface area contributed by atoms with E-state index in [1.54, 1.807) is 4.68 Å². The van der Waals surface area contributed by atoms with Gasteiger partial charge in [-0.25, -0.2) is 4.68 Å². The van der Waals surface area contributed by atoms with Gasteiger partial charge in [-0.2, -0.15) is 0 Å². The molecule has 2 aliphatic carbocycles. The summed E-state index contributed by atoms with van der Waals surface area (Å²) in [6.07, 6.45) is 6.90. The number of carbonyl (C=O) groups is 2. The molecular weight excluding hydrogens is 466 g/mol. The molecule has 0 saturated heterocycles. The average Bonchev–Trinajstić information content (AvgIpc) is 3.81. The zero-order valence-electron chi connectivity index (χ0n) is 22.5. The number of carbonyl (C=O) groups excluding carboxylic acids is 2. The van der Waals surface area contributed by atoms with Crippen molar-refractivity contribution in [3.05, 3.63) is 30.1 Å². The van der Waals surface area contributed by atoms with Crippen molar-refractivity contribution in [2.75, 3.05) is 29.4 Å². The van der Waals surface area contributed by atoms with Crippen LogP contribution in [0, 0.1) is 23.7 Å². The van der Waals surface area contributed by atoms with Gasteiger partial charge in [0.25, 0.3) is 5.91 Å². The van der Waals surface area contributed by atoms with Gasteiger partial charge in [0, 0.05) is 38.5 Å². The lowest BCUT2D eigenvalue weighted by atomic mass is 9.92. The molecule has 2 atom stereocenters. The van der Waals surface area contributed by atoms with E-state index < -0.39 is 6.04 Å². The van der Waals surface area contributed by atoms with Gasteiger partial charge in [-0.1, -0.05) is 32.9 Å². The lowest BCUT2D eigenvalue weighted by Crippen LogP contribution is -2.54. The monoisotopic (exact) mass is 507 g/mol. The van der Waals surface area contributed by atoms with E-state index in [2.05, 4.69) is 64.7 Å². The van der Waals surface area contributed by atoms with E-state index in [-0.39, 0.29) is 17.7 Å². The summed E-state index contributed by atoms with van der Waals surface area (Å²) in [7, 11) is 0. The molecule has 1 aromatic carbocycles. The summed E-state index contributed by atoms with van der Waals surface area (Å²) in [6, 6.07) is 7.67. The molecule has 1 N–H and O–H groups in total. The fraction of sp³-hybridized carbons (Fsp3) is 0.679. The Labute approximate surface area is 220 Å². The molecule has 9 nitrogen and oxygen atoms in total. The molecule has 2 heterocycles. The van der Waals surface area contributed by atoms with E-state index in [4.69, 9.17) is 0 Å². The first-order chi connectivity index (χ1) is 17.9. The van der Waals surface area contributed by atoms with Crippen LogP contribution in [0.2, 0.25) is 0 Å². The number of aryl methyl sites for hydroxylation is 1. The molecule has 5 rings (SSSR count). The molecule has 1 aliphatic heterocycles. The number of nitrogens with zero attached hydrogens (tertiary/aromatic N) is 6. The summed E-state index contributed by atoms with van der Waals surface area (Å²) < 4.78 is 1.79. The fourth-order valence-electron chi connectivity index (χ4n) is 5.42. The second kappa shape index (κ2) is 11.2. The zero-order chi connectivity index (χ0) is 25.9. The van der Waals surface area contributed by atoms with Crippen molar-refractivity contribution in [3.63, 3.8) is 0 Å². The Morgan fingerprint density at radius 2 is 1.78 bits per heavy atom. The van der Waals surface area contributed by atoms with Crippen LogP contribution < -0.4 is 15.1 Å². The van der Waals surface area contributed by atoms with E-state index in [0.717, 1.165) is 56.1 Å². The van der Waals surface area contributed by atoms with Crippen molar-refractivity contribution in [1.82, 2.24) is 25.5 Å². The standard InChI is InChI=1S/C28H41N7O2/c1-4-13-35-26(30-31-32-35)15-22(14-19(2)3)27(36)29-23-18-33(16-20-9-10-20)24-7-5-6-8-25(24)34(28(23)37)17-21-11-12-21/h5-8,19-23H,4,9-18H2,1-3H3,(H,29,36)/t22-,23+/m1/s1. The predicted molar refractivity (Wildman–Crippen MR) is 143 cm³/mol. The maximum absolute atomic E-state index is 14.0. The van der Waals surface area contributed by atoms with Gasteiger partial charge < -0.3 is 15.1 Å². The highest BCUT2D eigenvalue weighted by Gasteiger charge is 2.39. The highest BCUT2D eigenvalue weighted by molar-refractivity contribution is 6.03. The predicted octanol–water partition coefficient (Wildman–Crippen LogP) is 3.45. The second-order valence-electron chi connectivity index (χ2n) is 11.6. The summed E-state index contributed by atoms with van der Waals surface area (Å²) in [5.74, 6) is 1.90. The molecule has 2 amide bonds. The Morgan fingerprint density at radius 3 is 2.46 bits per heavy atom. The lowest BCUT2D eigenvalue weighted by molar-refractivity contribution is -0.130. The normalized spacial score (nSPS) is 20.6. The van der Waals surface area contributed by atoms with Gasteiger partial charge in [0.1, 0.15) is 6.04 Å². The lowest BCUT2D eigenvalue weighted by Gasteiger charge is -2.28. The van der Waals surface area contributed by atoms with Crippen molar-refractivity contribution in [2.45, 2.75) is 78.3 Å². The molecule has 0 radical (unpaired) electrons. The van der Waals surface area contributed by atoms with Crippen molar-refractivity contribution in [2.24, 2.45) is 23.7 Å². The van der Waals surface area contributed by atoms with E-state index >= 15 is 0 Å². The van der Waals surface area contributed by atoms with Crippen molar-refractivity contribution in [3.8, 4) is 0 Å². The number of hydrogen-bond acceptors (Lipinski definition) is 6. The van der Waals surface area contributed by atoms with Crippen LogP contribution in [0.15, 0.2) is 24.3 Å². The molecule has 37 heavy (non-hydrogen) atoms. The van der Waals surface area contributed by atoms with E-state index in [0.29, 0.717) is 37.1 Å². The highest BCUT2D eigenvalue weighted by Crippen LogP contribution is 2.39. The average molecular weight is 508 g/mol. The maximum atomic E-state index is 14.0. The Morgan fingerprint density at radius 1 is 1.08 bits per heavy atom. The number of rotatable bonds is 12. The van der Waals surface area contributed by atoms with Crippen molar-refractivity contribution in [1.29, 1.82) is 0 Å². The number of hydrogen-bond donors (Lipinski definition) is 1. The summed E-state index contributed by atoms with van der Waals surface area (Å²) in [5.41, 5.74) is 2.09. The summed E-state index contributed by atoms with van der Waals surface area (Å²) >= 11 is 0. The van der Waals surface area contributed by atoms with E-state index in [1.165, 1.54) is 12.8 Å². The Hall–Kier alpha value is -2.97. The minimum absolute atomic E-state index is 0.00473. The van der Waals surface area contributed by atoms with Crippen molar-refractivity contribution < 1.29 is 9.59 Å². The van der Waals surface area contributed by atoms with Gasteiger partial charge in [0.05, 0.1) is 11.4 Å². The maximum Gasteiger partial charge on any atom is 0.251 e. The Balaban J connectivity index is 1.39. The van der Waals surface area contributed by atoms with E-state index in [9.17, 15) is 9.59 Å².